The Morgan fingerprint density at radius 3 is 2.75 bits per heavy atom. The van der Waals surface area contributed by atoms with Crippen molar-refractivity contribution in [1.29, 1.82) is 0 Å². The standard InChI is InChI=1S/C12H17BrN2O3S2/c1-2-15(5-8-3-4-10(13)20-8)11(16)7-19-6-9(14)12(17)18/h3-4,9H,2,5-7,14H2,1H3,(H,17,18)/t9-/m0/s1. The summed E-state index contributed by atoms with van der Waals surface area (Å²) in [5.74, 6) is -0.551. The van der Waals surface area contributed by atoms with Gasteiger partial charge in [0.1, 0.15) is 6.04 Å². The molecule has 0 spiro atoms. The molecule has 0 aromatic carbocycles. The van der Waals surface area contributed by atoms with E-state index in [0.29, 0.717) is 13.1 Å². The van der Waals surface area contributed by atoms with E-state index in [-0.39, 0.29) is 17.4 Å². The number of carboxylic acids is 1. The number of halogens is 1. The van der Waals surface area contributed by atoms with Crippen LogP contribution in [-0.4, -0.2) is 46.0 Å². The maximum Gasteiger partial charge on any atom is 0.321 e. The van der Waals surface area contributed by atoms with Gasteiger partial charge in [-0.3, -0.25) is 9.59 Å². The number of rotatable bonds is 8. The Kier molecular flexibility index (Phi) is 7.57. The fourth-order valence-electron chi connectivity index (χ4n) is 1.44. The summed E-state index contributed by atoms with van der Waals surface area (Å²) >= 11 is 6.25. The zero-order valence-electron chi connectivity index (χ0n) is 11.0. The van der Waals surface area contributed by atoms with Gasteiger partial charge in [0.25, 0.3) is 0 Å². The van der Waals surface area contributed by atoms with Crippen molar-refractivity contribution in [2.24, 2.45) is 5.73 Å². The molecule has 0 aliphatic carbocycles. The highest BCUT2D eigenvalue weighted by Crippen LogP contribution is 2.23. The summed E-state index contributed by atoms with van der Waals surface area (Å²) in [6, 6.07) is 3.02. The van der Waals surface area contributed by atoms with Crippen LogP contribution in [0.2, 0.25) is 0 Å². The lowest BCUT2D eigenvalue weighted by Crippen LogP contribution is -2.35. The van der Waals surface area contributed by atoms with E-state index in [2.05, 4.69) is 15.9 Å². The first-order valence-corrected chi connectivity index (χ1v) is 8.78. The third-order valence-corrected chi connectivity index (χ3v) is 5.20. The van der Waals surface area contributed by atoms with Crippen LogP contribution < -0.4 is 5.73 Å². The summed E-state index contributed by atoms with van der Waals surface area (Å²) in [6.45, 7) is 3.13. The minimum Gasteiger partial charge on any atom is -0.480 e. The van der Waals surface area contributed by atoms with Crippen LogP contribution in [0.1, 0.15) is 11.8 Å². The van der Waals surface area contributed by atoms with E-state index >= 15 is 0 Å². The topological polar surface area (TPSA) is 83.6 Å². The van der Waals surface area contributed by atoms with Crippen molar-refractivity contribution in [3.8, 4) is 0 Å². The summed E-state index contributed by atoms with van der Waals surface area (Å²) in [7, 11) is 0. The van der Waals surface area contributed by atoms with Crippen molar-refractivity contribution in [3.63, 3.8) is 0 Å². The van der Waals surface area contributed by atoms with E-state index in [9.17, 15) is 9.59 Å². The van der Waals surface area contributed by atoms with E-state index in [1.807, 2.05) is 19.1 Å². The number of thioether (sulfide) groups is 1. The molecular formula is C12H17BrN2O3S2. The monoisotopic (exact) mass is 380 g/mol. The van der Waals surface area contributed by atoms with Crippen molar-refractivity contribution in [2.75, 3.05) is 18.1 Å². The van der Waals surface area contributed by atoms with Crippen LogP contribution in [0.25, 0.3) is 0 Å². The normalized spacial score (nSPS) is 12.2. The van der Waals surface area contributed by atoms with Gasteiger partial charge < -0.3 is 15.7 Å². The Morgan fingerprint density at radius 2 is 2.25 bits per heavy atom. The predicted molar refractivity (Wildman–Crippen MR) is 86.0 cm³/mol. The molecule has 0 saturated heterocycles. The van der Waals surface area contributed by atoms with Crippen LogP contribution in [0, 0.1) is 0 Å². The number of amides is 1. The molecule has 5 nitrogen and oxygen atoms in total. The Labute approximate surface area is 134 Å². The van der Waals surface area contributed by atoms with E-state index in [1.165, 1.54) is 11.8 Å². The molecule has 3 N–H and O–H groups in total. The number of carbonyl (C=O) groups is 2. The van der Waals surface area contributed by atoms with E-state index in [0.717, 1.165) is 8.66 Å². The van der Waals surface area contributed by atoms with Gasteiger partial charge in [-0.2, -0.15) is 0 Å². The second-order valence-electron chi connectivity index (χ2n) is 4.07. The average Bonchev–Trinajstić information content (AvgIpc) is 2.81. The summed E-state index contributed by atoms with van der Waals surface area (Å²) in [5.41, 5.74) is 5.39. The predicted octanol–water partition coefficient (Wildman–Crippen LogP) is 2.00. The molecule has 0 saturated carbocycles. The Balaban J connectivity index is 2.41. The summed E-state index contributed by atoms with van der Waals surface area (Å²) in [6.07, 6.45) is 0. The van der Waals surface area contributed by atoms with Crippen LogP contribution in [-0.2, 0) is 16.1 Å². The fourth-order valence-corrected chi connectivity index (χ4v) is 3.81. The molecule has 0 radical (unpaired) electrons. The summed E-state index contributed by atoms with van der Waals surface area (Å²) in [5, 5.41) is 8.66. The average molecular weight is 381 g/mol. The highest BCUT2D eigenvalue weighted by molar-refractivity contribution is 9.11. The number of carbonyl (C=O) groups excluding carboxylic acids is 1. The van der Waals surface area contributed by atoms with Crippen molar-refractivity contribution in [2.45, 2.75) is 19.5 Å². The van der Waals surface area contributed by atoms with E-state index in [4.69, 9.17) is 10.8 Å². The number of hydrogen-bond acceptors (Lipinski definition) is 5. The molecule has 0 bridgehead atoms. The van der Waals surface area contributed by atoms with Gasteiger partial charge >= 0.3 is 5.97 Å². The summed E-state index contributed by atoms with van der Waals surface area (Å²) in [4.78, 5) is 25.5. The number of nitrogens with zero attached hydrogens (tertiary/aromatic N) is 1. The fraction of sp³-hybridized carbons (Fsp3) is 0.500. The van der Waals surface area contributed by atoms with Gasteiger partial charge in [0.2, 0.25) is 5.91 Å². The third kappa shape index (κ3) is 5.82. The smallest absolute Gasteiger partial charge is 0.321 e. The van der Waals surface area contributed by atoms with Gasteiger partial charge in [0.05, 0.1) is 16.1 Å². The lowest BCUT2D eigenvalue weighted by molar-refractivity contribution is -0.138. The molecule has 0 aliphatic rings. The molecule has 1 aromatic heterocycles. The SMILES string of the molecule is CCN(Cc1ccc(Br)s1)C(=O)CSC[C@H](N)C(=O)O. The molecule has 1 amide bonds. The second kappa shape index (κ2) is 8.66. The van der Waals surface area contributed by atoms with Crippen molar-refractivity contribution in [3.05, 3.63) is 20.8 Å². The second-order valence-corrected chi connectivity index (χ2v) is 7.65. The molecule has 0 unspecified atom stereocenters. The van der Waals surface area contributed by atoms with Crippen LogP contribution in [0.3, 0.4) is 0 Å². The molecular weight excluding hydrogens is 364 g/mol. The van der Waals surface area contributed by atoms with Crippen LogP contribution in [0.15, 0.2) is 15.9 Å². The quantitative estimate of drug-likeness (QED) is 0.720. The molecule has 0 fully saturated rings. The molecule has 1 aromatic rings. The van der Waals surface area contributed by atoms with Crippen LogP contribution >= 0.6 is 39.0 Å². The zero-order valence-corrected chi connectivity index (χ0v) is 14.3. The molecule has 1 rings (SSSR count). The number of carboxylic acid groups (broad SMARTS) is 1. The number of aliphatic carboxylic acids is 1. The largest absolute Gasteiger partial charge is 0.480 e. The van der Waals surface area contributed by atoms with Gasteiger partial charge in [0, 0.05) is 17.2 Å². The molecule has 8 heteroatoms. The van der Waals surface area contributed by atoms with Gasteiger partial charge in [-0.15, -0.1) is 23.1 Å². The van der Waals surface area contributed by atoms with Gasteiger partial charge in [0.15, 0.2) is 0 Å². The highest BCUT2D eigenvalue weighted by atomic mass is 79.9. The molecule has 0 aliphatic heterocycles. The Hall–Kier alpha value is -0.570. The molecule has 20 heavy (non-hydrogen) atoms. The van der Waals surface area contributed by atoms with Gasteiger partial charge in [-0.1, -0.05) is 0 Å². The first-order valence-electron chi connectivity index (χ1n) is 6.02. The lowest BCUT2D eigenvalue weighted by Gasteiger charge is -2.20. The lowest BCUT2D eigenvalue weighted by atomic mass is 10.4. The van der Waals surface area contributed by atoms with Crippen molar-refractivity contribution >= 4 is 50.9 Å². The molecule has 1 atom stereocenters. The molecule has 112 valence electrons. The van der Waals surface area contributed by atoms with E-state index < -0.39 is 12.0 Å². The highest BCUT2D eigenvalue weighted by Gasteiger charge is 2.16. The maximum absolute atomic E-state index is 12.0. The van der Waals surface area contributed by atoms with Gasteiger partial charge in [-0.05, 0) is 35.0 Å². The third-order valence-electron chi connectivity index (χ3n) is 2.55. The number of nitrogens with two attached hydrogens (primary N) is 1. The van der Waals surface area contributed by atoms with Crippen molar-refractivity contribution in [1.82, 2.24) is 4.90 Å². The minimum absolute atomic E-state index is 0.000360. The first-order chi connectivity index (χ1) is 9.43. The molecule has 1 heterocycles. The number of hydrogen-bond donors (Lipinski definition) is 2. The van der Waals surface area contributed by atoms with Crippen molar-refractivity contribution < 1.29 is 14.7 Å². The maximum atomic E-state index is 12.0. The summed E-state index contributed by atoms with van der Waals surface area (Å²) < 4.78 is 1.04. The number of thiophene rings is 1. The zero-order chi connectivity index (χ0) is 15.1. The minimum atomic E-state index is -1.04. The van der Waals surface area contributed by atoms with Gasteiger partial charge in [-0.25, -0.2) is 0 Å². The van der Waals surface area contributed by atoms with E-state index in [1.54, 1.807) is 16.2 Å². The van der Waals surface area contributed by atoms with Crippen LogP contribution in [0.5, 0.6) is 0 Å². The Bertz CT molecular complexity index is 467. The van der Waals surface area contributed by atoms with Crippen LogP contribution in [0.4, 0.5) is 0 Å². The Morgan fingerprint density at radius 1 is 1.55 bits per heavy atom. The first kappa shape index (κ1) is 17.5.